The van der Waals surface area contributed by atoms with Gasteiger partial charge in [0.2, 0.25) is 0 Å². The zero-order chi connectivity index (χ0) is 20.3. The van der Waals surface area contributed by atoms with E-state index >= 15 is 0 Å². The van der Waals surface area contributed by atoms with Gasteiger partial charge < -0.3 is 14.8 Å². The molecule has 6 heteroatoms. The Bertz CT molecular complexity index is 892. The van der Waals surface area contributed by atoms with Crippen LogP contribution in [-0.4, -0.2) is 24.3 Å². The van der Waals surface area contributed by atoms with Gasteiger partial charge in [-0.3, -0.25) is 9.59 Å². The molecule has 0 amide bonds. The van der Waals surface area contributed by atoms with Crippen LogP contribution in [0, 0.1) is 0 Å². The van der Waals surface area contributed by atoms with Gasteiger partial charge in [0.25, 0.3) is 0 Å². The van der Waals surface area contributed by atoms with Crippen molar-refractivity contribution in [3.63, 3.8) is 0 Å². The van der Waals surface area contributed by atoms with Crippen molar-refractivity contribution in [2.24, 2.45) is 0 Å². The maximum absolute atomic E-state index is 12.8. The van der Waals surface area contributed by atoms with Gasteiger partial charge in [0.15, 0.2) is 5.78 Å². The molecule has 2 aliphatic rings. The van der Waals surface area contributed by atoms with Crippen LogP contribution in [0.2, 0.25) is 0 Å². The first-order chi connectivity index (χ1) is 13.4. The zero-order valence-corrected chi connectivity index (χ0v) is 16.0. The van der Waals surface area contributed by atoms with Crippen molar-refractivity contribution in [1.82, 2.24) is 5.32 Å². The lowest BCUT2D eigenvalue weighted by Crippen LogP contribution is -2.34. The SMILES string of the molecule is C=CCOC(=O)C1=C(C)NC2=C(C(=O)CCC2)[C@@H]1c1ccc(OC(C)=O)cc1. The van der Waals surface area contributed by atoms with Gasteiger partial charge in [-0.25, -0.2) is 4.79 Å². The molecule has 1 atom stereocenters. The van der Waals surface area contributed by atoms with Crippen molar-refractivity contribution in [2.75, 3.05) is 6.61 Å². The number of carbonyl (C=O) groups is 3. The van der Waals surface area contributed by atoms with E-state index in [1.54, 1.807) is 24.3 Å². The molecule has 1 aliphatic heterocycles. The number of dihydropyridines is 1. The molecule has 6 nitrogen and oxygen atoms in total. The molecule has 0 spiro atoms. The number of carbonyl (C=O) groups excluding carboxylic acids is 3. The smallest absolute Gasteiger partial charge is 0.337 e. The summed E-state index contributed by atoms with van der Waals surface area (Å²) in [5.41, 5.74) is 3.34. The molecule has 1 aliphatic carbocycles. The maximum Gasteiger partial charge on any atom is 0.337 e. The van der Waals surface area contributed by atoms with E-state index in [2.05, 4.69) is 11.9 Å². The number of hydrogen-bond acceptors (Lipinski definition) is 6. The van der Waals surface area contributed by atoms with E-state index < -0.39 is 17.9 Å². The molecule has 0 radical (unpaired) electrons. The summed E-state index contributed by atoms with van der Waals surface area (Å²) >= 11 is 0. The Labute approximate surface area is 163 Å². The number of ketones is 1. The highest BCUT2D eigenvalue weighted by molar-refractivity contribution is 6.03. The quantitative estimate of drug-likeness (QED) is 0.479. The predicted octanol–water partition coefficient (Wildman–Crippen LogP) is 3.31. The maximum atomic E-state index is 12.8. The molecule has 0 saturated heterocycles. The van der Waals surface area contributed by atoms with Gasteiger partial charge in [-0.2, -0.15) is 0 Å². The van der Waals surface area contributed by atoms with Crippen LogP contribution in [0.1, 0.15) is 44.6 Å². The van der Waals surface area contributed by atoms with Crippen LogP contribution in [0.5, 0.6) is 5.75 Å². The fourth-order valence-corrected chi connectivity index (χ4v) is 3.69. The predicted molar refractivity (Wildman–Crippen MR) is 103 cm³/mol. The van der Waals surface area contributed by atoms with Gasteiger partial charge in [-0.15, -0.1) is 0 Å². The number of ether oxygens (including phenoxy) is 2. The fourth-order valence-electron chi connectivity index (χ4n) is 3.69. The third-order valence-electron chi connectivity index (χ3n) is 4.80. The largest absolute Gasteiger partial charge is 0.458 e. The molecule has 0 aromatic heterocycles. The van der Waals surface area contributed by atoms with E-state index in [0.717, 1.165) is 24.1 Å². The van der Waals surface area contributed by atoms with Crippen molar-refractivity contribution in [2.45, 2.75) is 39.0 Å². The minimum atomic E-state index is -0.521. The van der Waals surface area contributed by atoms with Crippen molar-refractivity contribution in [3.8, 4) is 5.75 Å². The van der Waals surface area contributed by atoms with Crippen LogP contribution >= 0.6 is 0 Å². The molecule has 1 aromatic rings. The standard InChI is InChI=1S/C22H23NO5/c1-4-12-27-22(26)19-13(2)23-17-6-5-7-18(25)21(17)20(19)15-8-10-16(11-9-15)28-14(3)24/h4,8-11,20,23H,1,5-7,12H2,2-3H3/t20-/m1/s1. The number of Topliss-reactive ketones (excluding diaryl/α,β-unsaturated/α-hetero) is 1. The van der Waals surface area contributed by atoms with Crippen molar-refractivity contribution in [1.29, 1.82) is 0 Å². The Morgan fingerprint density at radius 1 is 1.25 bits per heavy atom. The van der Waals surface area contributed by atoms with Crippen LogP contribution in [0.3, 0.4) is 0 Å². The Balaban J connectivity index is 2.06. The molecule has 1 aromatic carbocycles. The molecular weight excluding hydrogens is 358 g/mol. The molecule has 1 N–H and O–H groups in total. The first-order valence-corrected chi connectivity index (χ1v) is 9.22. The van der Waals surface area contributed by atoms with Gasteiger partial charge >= 0.3 is 11.9 Å². The highest BCUT2D eigenvalue weighted by Gasteiger charge is 2.39. The number of esters is 2. The van der Waals surface area contributed by atoms with E-state index in [1.807, 2.05) is 6.92 Å². The van der Waals surface area contributed by atoms with Crippen LogP contribution in [0.4, 0.5) is 0 Å². The lowest BCUT2D eigenvalue weighted by molar-refractivity contribution is -0.138. The second-order valence-electron chi connectivity index (χ2n) is 6.82. The second kappa shape index (κ2) is 8.25. The molecule has 3 rings (SSSR count). The minimum absolute atomic E-state index is 0.0318. The summed E-state index contributed by atoms with van der Waals surface area (Å²) in [5, 5.41) is 3.24. The van der Waals surface area contributed by atoms with Gasteiger partial charge in [-0.05, 0) is 37.5 Å². The topological polar surface area (TPSA) is 81.7 Å². The number of hydrogen-bond donors (Lipinski definition) is 1. The van der Waals surface area contributed by atoms with Gasteiger partial charge in [-0.1, -0.05) is 24.8 Å². The molecule has 0 fully saturated rings. The third kappa shape index (κ3) is 3.91. The summed E-state index contributed by atoms with van der Waals surface area (Å²) < 4.78 is 10.4. The summed E-state index contributed by atoms with van der Waals surface area (Å²) in [5.74, 6) is -0.974. The van der Waals surface area contributed by atoms with Crippen LogP contribution < -0.4 is 10.1 Å². The summed E-state index contributed by atoms with van der Waals surface area (Å²) in [7, 11) is 0. The summed E-state index contributed by atoms with van der Waals surface area (Å²) in [6.45, 7) is 6.81. The monoisotopic (exact) mass is 381 g/mol. The highest BCUT2D eigenvalue weighted by atomic mass is 16.5. The number of nitrogens with one attached hydrogen (secondary N) is 1. The molecule has 1 heterocycles. The fraction of sp³-hybridized carbons (Fsp3) is 0.318. The average Bonchev–Trinajstić information content (AvgIpc) is 2.65. The minimum Gasteiger partial charge on any atom is -0.458 e. The van der Waals surface area contributed by atoms with E-state index in [9.17, 15) is 14.4 Å². The first kappa shape index (κ1) is 19.6. The van der Waals surface area contributed by atoms with E-state index in [1.165, 1.54) is 13.0 Å². The molecule has 146 valence electrons. The number of rotatable bonds is 5. The Hall–Kier alpha value is -3.15. The summed E-state index contributed by atoms with van der Waals surface area (Å²) in [4.78, 5) is 36.7. The normalized spacial score (nSPS) is 18.9. The van der Waals surface area contributed by atoms with Gasteiger partial charge in [0, 0.05) is 36.2 Å². The van der Waals surface area contributed by atoms with Crippen LogP contribution in [0.25, 0.3) is 0 Å². The second-order valence-corrected chi connectivity index (χ2v) is 6.82. The van der Waals surface area contributed by atoms with Gasteiger partial charge in [0.1, 0.15) is 12.4 Å². The summed E-state index contributed by atoms with van der Waals surface area (Å²) in [6.07, 6.45) is 3.50. The van der Waals surface area contributed by atoms with Crippen LogP contribution in [0.15, 0.2) is 59.5 Å². The zero-order valence-electron chi connectivity index (χ0n) is 16.0. The molecule has 0 saturated carbocycles. The van der Waals surface area contributed by atoms with Gasteiger partial charge in [0.05, 0.1) is 5.57 Å². The van der Waals surface area contributed by atoms with Crippen LogP contribution in [-0.2, 0) is 19.1 Å². The molecule has 0 unspecified atom stereocenters. The van der Waals surface area contributed by atoms with E-state index in [0.29, 0.717) is 29.0 Å². The Morgan fingerprint density at radius 2 is 1.96 bits per heavy atom. The molecule has 0 bridgehead atoms. The number of benzene rings is 1. The van der Waals surface area contributed by atoms with Crippen molar-refractivity contribution < 1.29 is 23.9 Å². The highest BCUT2D eigenvalue weighted by Crippen LogP contribution is 2.42. The van der Waals surface area contributed by atoms with Crippen molar-refractivity contribution in [3.05, 3.63) is 65.0 Å². The Kier molecular flexibility index (Phi) is 5.78. The third-order valence-corrected chi connectivity index (χ3v) is 4.80. The molecular formula is C22H23NO5. The average molecular weight is 381 g/mol. The lowest BCUT2D eigenvalue weighted by atomic mass is 9.75. The lowest BCUT2D eigenvalue weighted by Gasteiger charge is -2.34. The van der Waals surface area contributed by atoms with Crippen molar-refractivity contribution >= 4 is 17.7 Å². The first-order valence-electron chi connectivity index (χ1n) is 9.22. The Morgan fingerprint density at radius 3 is 2.61 bits per heavy atom. The molecule has 28 heavy (non-hydrogen) atoms. The van der Waals surface area contributed by atoms with E-state index in [4.69, 9.17) is 9.47 Å². The summed E-state index contributed by atoms with van der Waals surface area (Å²) in [6, 6.07) is 6.87. The number of allylic oxidation sites excluding steroid dienone is 3. The van der Waals surface area contributed by atoms with E-state index in [-0.39, 0.29) is 12.4 Å².